The number of nitrogens with zero attached hydrogens (tertiary/aromatic N) is 4. The van der Waals surface area contributed by atoms with Crippen LogP contribution in [-0.2, 0) is 14.8 Å². The molecule has 4 rings (SSSR count). The predicted octanol–water partition coefficient (Wildman–Crippen LogP) is 3.43. The van der Waals surface area contributed by atoms with Gasteiger partial charge in [-0.2, -0.15) is 4.31 Å². The molecule has 3 aromatic rings. The Bertz CT molecular complexity index is 1310. The fourth-order valence-electron chi connectivity index (χ4n) is 3.42. The van der Waals surface area contributed by atoms with Crippen LogP contribution in [0.25, 0.3) is 0 Å². The maximum atomic E-state index is 13.1. The maximum absolute atomic E-state index is 13.1. The first-order chi connectivity index (χ1) is 16.8. The van der Waals surface area contributed by atoms with Crippen LogP contribution >= 0.6 is 11.8 Å². The SMILES string of the molecule is C=CC(=O)Nc1ccc(Sc2ccnc(Nc3cccc(S(=O)(=O)N4CCN(C)CC4)c3)n2)cc1. The lowest BCUT2D eigenvalue weighted by molar-refractivity contribution is -0.111. The zero-order valence-electron chi connectivity index (χ0n) is 19.2. The summed E-state index contributed by atoms with van der Waals surface area (Å²) in [5.74, 6) is 0.0938. The molecule has 11 heteroatoms. The number of hydrogen-bond donors (Lipinski definition) is 2. The third-order valence-corrected chi connectivity index (χ3v) is 8.19. The minimum atomic E-state index is -3.57. The first-order valence-electron chi connectivity index (χ1n) is 10.9. The minimum absolute atomic E-state index is 0.237. The third-order valence-electron chi connectivity index (χ3n) is 5.35. The van der Waals surface area contributed by atoms with Crippen LogP contribution in [0.3, 0.4) is 0 Å². The van der Waals surface area contributed by atoms with Crippen LogP contribution < -0.4 is 10.6 Å². The summed E-state index contributed by atoms with van der Waals surface area (Å²) in [6.45, 7) is 5.80. The second kappa shape index (κ2) is 11.0. The molecule has 2 N–H and O–H groups in total. The predicted molar refractivity (Wildman–Crippen MR) is 137 cm³/mol. The highest BCUT2D eigenvalue weighted by atomic mass is 32.2. The molecule has 182 valence electrons. The van der Waals surface area contributed by atoms with Crippen molar-refractivity contribution in [3.8, 4) is 0 Å². The molecule has 0 radical (unpaired) electrons. The van der Waals surface area contributed by atoms with Crippen molar-refractivity contribution in [1.29, 1.82) is 0 Å². The number of anilines is 3. The lowest BCUT2D eigenvalue weighted by Crippen LogP contribution is -2.47. The number of carbonyl (C=O) groups is 1. The van der Waals surface area contributed by atoms with Gasteiger partial charge in [-0.1, -0.05) is 24.4 Å². The molecule has 35 heavy (non-hydrogen) atoms. The Morgan fingerprint density at radius 1 is 1.06 bits per heavy atom. The number of likely N-dealkylation sites (N-methyl/N-ethyl adjacent to an activating group) is 1. The van der Waals surface area contributed by atoms with Crippen molar-refractivity contribution in [2.24, 2.45) is 0 Å². The summed E-state index contributed by atoms with van der Waals surface area (Å²) in [6, 6.07) is 15.8. The van der Waals surface area contributed by atoms with Gasteiger partial charge >= 0.3 is 0 Å². The van der Waals surface area contributed by atoms with Crippen LogP contribution in [0.2, 0.25) is 0 Å². The van der Waals surface area contributed by atoms with Crippen molar-refractivity contribution in [3.63, 3.8) is 0 Å². The summed E-state index contributed by atoms with van der Waals surface area (Å²) in [7, 11) is -1.59. The molecule has 1 aromatic heterocycles. The number of carbonyl (C=O) groups excluding carboxylic acids is 1. The lowest BCUT2D eigenvalue weighted by Gasteiger charge is -2.31. The summed E-state index contributed by atoms with van der Waals surface area (Å²) in [4.78, 5) is 23.5. The number of benzene rings is 2. The monoisotopic (exact) mass is 510 g/mol. The number of aromatic nitrogens is 2. The molecule has 0 spiro atoms. The van der Waals surface area contributed by atoms with E-state index in [0.29, 0.717) is 48.5 Å². The van der Waals surface area contributed by atoms with Crippen LogP contribution in [-0.4, -0.2) is 66.7 Å². The van der Waals surface area contributed by atoms with E-state index in [1.165, 1.54) is 22.1 Å². The zero-order chi connectivity index (χ0) is 24.8. The van der Waals surface area contributed by atoms with Crippen molar-refractivity contribution < 1.29 is 13.2 Å². The third kappa shape index (κ3) is 6.45. The number of piperazine rings is 1. The fourth-order valence-corrected chi connectivity index (χ4v) is 5.66. The molecule has 1 amide bonds. The second-order valence-corrected chi connectivity index (χ2v) is 10.9. The van der Waals surface area contributed by atoms with E-state index in [9.17, 15) is 13.2 Å². The first kappa shape index (κ1) is 24.9. The molecule has 1 aliphatic heterocycles. The Morgan fingerprint density at radius 3 is 2.51 bits per heavy atom. The smallest absolute Gasteiger partial charge is 0.247 e. The number of nitrogens with one attached hydrogen (secondary N) is 2. The number of rotatable bonds is 8. The Morgan fingerprint density at radius 2 is 1.80 bits per heavy atom. The van der Waals surface area contributed by atoms with E-state index in [1.807, 2.05) is 19.2 Å². The Kier molecular flexibility index (Phi) is 7.81. The standard InChI is InChI=1S/C24H26N6O3S2/c1-3-22(31)26-18-7-9-20(10-8-18)34-23-11-12-25-24(28-23)27-19-5-4-6-21(17-19)35(32,33)30-15-13-29(2)14-16-30/h3-12,17H,1,13-16H2,2H3,(H,26,31)(H,25,27,28). The second-order valence-electron chi connectivity index (χ2n) is 7.90. The fraction of sp³-hybridized carbons (Fsp3) is 0.208. The Hall–Kier alpha value is -3.25. The van der Waals surface area contributed by atoms with Gasteiger partial charge in [0.25, 0.3) is 0 Å². The van der Waals surface area contributed by atoms with Crippen molar-refractivity contribution in [2.75, 3.05) is 43.9 Å². The lowest BCUT2D eigenvalue weighted by atomic mass is 10.3. The Balaban J connectivity index is 1.44. The van der Waals surface area contributed by atoms with Crippen molar-refractivity contribution in [3.05, 3.63) is 73.4 Å². The molecule has 0 atom stereocenters. The van der Waals surface area contributed by atoms with Crippen molar-refractivity contribution in [2.45, 2.75) is 14.8 Å². The quantitative estimate of drug-likeness (QED) is 0.351. The largest absolute Gasteiger partial charge is 0.324 e. The normalized spacial score (nSPS) is 14.9. The molecule has 1 fully saturated rings. The van der Waals surface area contributed by atoms with E-state index < -0.39 is 10.0 Å². The van der Waals surface area contributed by atoms with Crippen LogP contribution in [0.1, 0.15) is 0 Å². The van der Waals surface area contributed by atoms with Gasteiger partial charge in [-0.15, -0.1) is 0 Å². The molecule has 1 saturated heterocycles. The first-order valence-corrected chi connectivity index (χ1v) is 13.2. The maximum Gasteiger partial charge on any atom is 0.247 e. The summed E-state index contributed by atoms with van der Waals surface area (Å²) in [6.07, 6.45) is 2.86. The van der Waals surface area contributed by atoms with Crippen molar-refractivity contribution >= 4 is 45.0 Å². The topological polar surface area (TPSA) is 108 Å². The van der Waals surface area contributed by atoms with Crippen molar-refractivity contribution in [1.82, 2.24) is 19.2 Å². The molecule has 2 aromatic carbocycles. The van der Waals surface area contributed by atoms with Gasteiger partial charge in [0.15, 0.2) is 0 Å². The van der Waals surface area contributed by atoms with Gasteiger partial charge in [0.1, 0.15) is 5.03 Å². The van der Waals surface area contributed by atoms with Crippen LogP contribution in [0.4, 0.5) is 17.3 Å². The molecule has 1 aliphatic rings. The molecule has 9 nitrogen and oxygen atoms in total. The molecule has 0 aliphatic carbocycles. The van der Waals surface area contributed by atoms with E-state index in [0.717, 1.165) is 4.90 Å². The van der Waals surface area contributed by atoms with Gasteiger partial charge in [0.05, 0.1) is 4.90 Å². The summed E-state index contributed by atoms with van der Waals surface area (Å²) in [5.41, 5.74) is 1.26. The zero-order valence-corrected chi connectivity index (χ0v) is 20.8. The van der Waals surface area contributed by atoms with Gasteiger partial charge in [-0.25, -0.2) is 18.4 Å². The van der Waals surface area contributed by atoms with E-state index in [4.69, 9.17) is 0 Å². The highest BCUT2D eigenvalue weighted by Gasteiger charge is 2.27. The van der Waals surface area contributed by atoms with Gasteiger partial charge in [0, 0.05) is 48.6 Å². The van der Waals surface area contributed by atoms with Gasteiger partial charge in [0.2, 0.25) is 21.9 Å². The highest BCUT2D eigenvalue weighted by Crippen LogP contribution is 2.28. The summed E-state index contributed by atoms with van der Waals surface area (Å²) in [5, 5.41) is 6.53. The van der Waals surface area contributed by atoms with Gasteiger partial charge in [-0.3, -0.25) is 4.79 Å². The van der Waals surface area contributed by atoms with E-state index in [-0.39, 0.29) is 10.8 Å². The summed E-state index contributed by atoms with van der Waals surface area (Å²) < 4.78 is 27.7. The average molecular weight is 511 g/mol. The van der Waals surface area contributed by atoms with Gasteiger partial charge in [-0.05, 0) is 61.7 Å². The van der Waals surface area contributed by atoms with Gasteiger partial charge < -0.3 is 15.5 Å². The van der Waals surface area contributed by atoms with Crippen LogP contribution in [0.5, 0.6) is 0 Å². The van der Waals surface area contributed by atoms with Crippen LogP contribution in [0.15, 0.2) is 88.3 Å². The molecule has 0 bridgehead atoms. The molecular formula is C24H26N6O3S2. The van der Waals surface area contributed by atoms with E-state index in [1.54, 1.807) is 48.7 Å². The summed E-state index contributed by atoms with van der Waals surface area (Å²) >= 11 is 1.44. The number of sulfonamides is 1. The minimum Gasteiger partial charge on any atom is -0.324 e. The average Bonchev–Trinajstić information content (AvgIpc) is 2.86. The van der Waals surface area contributed by atoms with E-state index >= 15 is 0 Å². The molecule has 2 heterocycles. The number of amides is 1. The van der Waals surface area contributed by atoms with E-state index in [2.05, 4.69) is 32.1 Å². The number of hydrogen-bond acceptors (Lipinski definition) is 8. The van der Waals surface area contributed by atoms with Crippen LogP contribution in [0, 0.1) is 0 Å². The molecular weight excluding hydrogens is 484 g/mol. The Labute approximate surface area is 209 Å². The highest BCUT2D eigenvalue weighted by molar-refractivity contribution is 7.99. The molecule has 0 saturated carbocycles. The molecule has 0 unspecified atom stereocenters.